The van der Waals surface area contributed by atoms with Gasteiger partial charge in [-0.3, -0.25) is 0 Å². The van der Waals surface area contributed by atoms with E-state index in [1.54, 1.807) is 12.1 Å². The minimum atomic E-state index is 0.155. The molecule has 1 aromatic carbocycles. The number of ether oxygens (including phenoxy) is 2. The Bertz CT molecular complexity index is 345. The van der Waals surface area contributed by atoms with Crippen LogP contribution in [0.4, 0.5) is 0 Å². The van der Waals surface area contributed by atoms with Crippen molar-refractivity contribution in [2.24, 2.45) is 0 Å². The molecule has 0 spiro atoms. The van der Waals surface area contributed by atoms with E-state index in [0.29, 0.717) is 12.4 Å². The van der Waals surface area contributed by atoms with Crippen LogP contribution in [0.3, 0.4) is 0 Å². The first-order valence-corrected chi connectivity index (χ1v) is 5.39. The van der Waals surface area contributed by atoms with Crippen molar-refractivity contribution in [2.75, 3.05) is 20.3 Å². The second-order valence-corrected chi connectivity index (χ2v) is 3.41. The summed E-state index contributed by atoms with van der Waals surface area (Å²) in [6, 6.07) is 5.23. The number of hydrogen-bond donors (Lipinski definition) is 1. The van der Waals surface area contributed by atoms with Crippen LogP contribution in [0, 0.1) is 0 Å². The largest absolute Gasteiger partial charge is 0.504 e. The molecule has 0 amide bonds. The highest BCUT2D eigenvalue weighted by Crippen LogP contribution is 2.26. The van der Waals surface area contributed by atoms with Gasteiger partial charge in [0.15, 0.2) is 11.5 Å². The summed E-state index contributed by atoms with van der Waals surface area (Å²) in [7, 11) is 1.53. The van der Waals surface area contributed by atoms with Gasteiger partial charge in [0.25, 0.3) is 0 Å². The first kappa shape index (κ1) is 12.6. The molecule has 0 saturated carbocycles. The van der Waals surface area contributed by atoms with Crippen molar-refractivity contribution >= 4 is 6.08 Å². The van der Waals surface area contributed by atoms with E-state index in [1.807, 2.05) is 18.2 Å². The predicted octanol–water partition coefficient (Wildman–Crippen LogP) is 2.84. The highest BCUT2D eigenvalue weighted by Gasteiger charge is 1.99. The van der Waals surface area contributed by atoms with E-state index in [-0.39, 0.29) is 5.75 Å². The van der Waals surface area contributed by atoms with Gasteiger partial charge in [-0.25, -0.2) is 0 Å². The van der Waals surface area contributed by atoms with Crippen molar-refractivity contribution in [1.29, 1.82) is 0 Å². The Balaban J connectivity index is 2.53. The monoisotopic (exact) mass is 222 g/mol. The Morgan fingerprint density at radius 2 is 2.19 bits per heavy atom. The molecule has 0 aliphatic rings. The normalized spacial score (nSPS) is 10.9. The Morgan fingerprint density at radius 1 is 1.38 bits per heavy atom. The number of phenolic OH excluding ortho intramolecular Hbond substituents is 1. The van der Waals surface area contributed by atoms with E-state index in [0.717, 1.165) is 18.6 Å². The van der Waals surface area contributed by atoms with Gasteiger partial charge in [0.1, 0.15) is 0 Å². The molecule has 1 rings (SSSR count). The van der Waals surface area contributed by atoms with Crippen molar-refractivity contribution in [3.63, 3.8) is 0 Å². The van der Waals surface area contributed by atoms with Gasteiger partial charge in [0, 0.05) is 6.61 Å². The van der Waals surface area contributed by atoms with Crippen LogP contribution in [0.15, 0.2) is 24.3 Å². The molecule has 0 aliphatic carbocycles. The lowest BCUT2D eigenvalue weighted by atomic mass is 10.2. The summed E-state index contributed by atoms with van der Waals surface area (Å²) in [5.41, 5.74) is 0.981. The van der Waals surface area contributed by atoms with Crippen LogP contribution in [-0.4, -0.2) is 25.4 Å². The van der Waals surface area contributed by atoms with Gasteiger partial charge in [-0.05, 0) is 24.1 Å². The van der Waals surface area contributed by atoms with Crippen molar-refractivity contribution in [1.82, 2.24) is 0 Å². The number of hydrogen-bond acceptors (Lipinski definition) is 3. The average molecular weight is 222 g/mol. The van der Waals surface area contributed by atoms with E-state index >= 15 is 0 Å². The summed E-state index contributed by atoms with van der Waals surface area (Å²) in [4.78, 5) is 0. The topological polar surface area (TPSA) is 38.7 Å². The van der Waals surface area contributed by atoms with E-state index in [9.17, 15) is 5.11 Å². The summed E-state index contributed by atoms with van der Waals surface area (Å²) in [6.45, 7) is 3.47. The number of aromatic hydroxyl groups is 1. The Morgan fingerprint density at radius 3 is 2.88 bits per heavy atom. The molecule has 0 fully saturated rings. The van der Waals surface area contributed by atoms with E-state index in [1.165, 1.54) is 7.11 Å². The maximum Gasteiger partial charge on any atom is 0.161 e. The van der Waals surface area contributed by atoms with Crippen LogP contribution < -0.4 is 4.74 Å². The first-order chi connectivity index (χ1) is 7.77. The van der Waals surface area contributed by atoms with Gasteiger partial charge in [0.2, 0.25) is 0 Å². The molecule has 3 nitrogen and oxygen atoms in total. The Hall–Kier alpha value is -1.48. The van der Waals surface area contributed by atoms with Crippen LogP contribution in [0.1, 0.15) is 18.9 Å². The van der Waals surface area contributed by atoms with E-state index in [2.05, 4.69) is 6.92 Å². The highest BCUT2D eigenvalue weighted by molar-refractivity contribution is 5.55. The molecule has 0 aliphatic heterocycles. The van der Waals surface area contributed by atoms with E-state index in [4.69, 9.17) is 9.47 Å². The van der Waals surface area contributed by atoms with Crippen LogP contribution in [-0.2, 0) is 4.74 Å². The molecule has 1 N–H and O–H groups in total. The fourth-order valence-corrected chi connectivity index (χ4v) is 1.28. The molecule has 3 heteroatoms. The molecule has 0 heterocycles. The SMILES string of the molecule is CCCOC/C=C/c1ccc(O)c(OC)c1. The summed E-state index contributed by atoms with van der Waals surface area (Å²) < 4.78 is 10.3. The predicted molar refractivity (Wildman–Crippen MR) is 64.8 cm³/mol. The number of benzene rings is 1. The number of rotatable bonds is 6. The van der Waals surface area contributed by atoms with Gasteiger partial charge >= 0.3 is 0 Å². The lowest BCUT2D eigenvalue weighted by Gasteiger charge is -2.03. The standard InChI is InChI=1S/C13H18O3/c1-3-8-16-9-4-5-11-6-7-12(14)13(10-11)15-2/h4-7,10,14H,3,8-9H2,1-2H3/b5-4+. The van der Waals surface area contributed by atoms with Crippen LogP contribution >= 0.6 is 0 Å². The van der Waals surface area contributed by atoms with Gasteiger partial charge in [-0.2, -0.15) is 0 Å². The average Bonchev–Trinajstić information content (AvgIpc) is 2.31. The zero-order valence-electron chi connectivity index (χ0n) is 9.77. The number of phenols is 1. The minimum absolute atomic E-state index is 0.155. The third-order valence-electron chi connectivity index (χ3n) is 2.08. The Kier molecular flexibility index (Phi) is 5.43. The maximum atomic E-state index is 9.40. The van der Waals surface area contributed by atoms with Gasteiger partial charge in [-0.1, -0.05) is 25.1 Å². The van der Waals surface area contributed by atoms with Crippen LogP contribution in [0.5, 0.6) is 11.5 Å². The molecule has 0 bridgehead atoms. The molecule has 0 aromatic heterocycles. The number of methoxy groups -OCH3 is 1. The minimum Gasteiger partial charge on any atom is -0.504 e. The summed E-state index contributed by atoms with van der Waals surface area (Å²) in [6.07, 6.45) is 4.92. The lowest BCUT2D eigenvalue weighted by Crippen LogP contribution is -1.91. The fraction of sp³-hybridized carbons (Fsp3) is 0.385. The molecule has 1 aromatic rings. The fourth-order valence-electron chi connectivity index (χ4n) is 1.28. The van der Waals surface area contributed by atoms with Crippen LogP contribution in [0.25, 0.3) is 6.08 Å². The zero-order chi connectivity index (χ0) is 11.8. The second-order valence-electron chi connectivity index (χ2n) is 3.41. The second kappa shape index (κ2) is 6.90. The third-order valence-corrected chi connectivity index (χ3v) is 2.08. The molecule has 0 radical (unpaired) electrons. The van der Waals surface area contributed by atoms with Crippen molar-refractivity contribution in [2.45, 2.75) is 13.3 Å². The van der Waals surface area contributed by atoms with Crippen molar-refractivity contribution < 1.29 is 14.6 Å². The maximum absolute atomic E-state index is 9.40. The molecule has 0 saturated heterocycles. The summed E-state index contributed by atoms with van der Waals surface area (Å²) in [5, 5.41) is 9.40. The molecule has 16 heavy (non-hydrogen) atoms. The van der Waals surface area contributed by atoms with Gasteiger partial charge in [0.05, 0.1) is 13.7 Å². The molecule has 88 valence electrons. The van der Waals surface area contributed by atoms with E-state index < -0.39 is 0 Å². The van der Waals surface area contributed by atoms with Crippen molar-refractivity contribution in [3.05, 3.63) is 29.8 Å². The molecule has 0 atom stereocenters. The quantitative estimate of drug-likeness (QED) is 0.752. The van der Waals surface area contributed by atoms with Gasteiger partial charge < -0.3 is 14.6 Å². The smallest absolute Gasteiger partial charge is 0.161 e. The van der Waals surface area contributed by atoms with Crippen molar-refractivity contribution in [3.8, 4) is 11.5 Å². The highest BCUT2D eigenvalue weighted by atomic mass is 16.5. The van der Waals surface area contributed by atoms with Gasteiger partial charge in [-0.15, -0.1) is 0 Å². The molecular formula is C13H18O3. The third kappa shape index (κ3) is 3.95. The summed E-state index contributed by atoms with van der Waals surface area (Å²) in [5.74, 6) is 0.638. The first-order valence-electron chi connectivity index (χ1n) is 5.39. The Labute approximate surface area is 96.3 Å². The molecular weight excluding hydrogens is 204 g/mol. The molecule has 0 unspecified atom stereocenters. The summed E-state index contributed by atoms with van der Waals surface area (Å²) >= 11 is 0. The lowest BCUT2D eigenvalue weighted by molar-refractivity contribution is 0.163. The van der Waals surface area contributed by atoms with Crippen LogP contribution in [0.2, 0.25) is 0 Å². The zero-order valence-corrected chi connectivity index (χ0v) is 9.77.